The Balaban J connectivity index is 1.58. The number of amides is 1. The molecular formula is C27H28N2O3. The number of ether oxygens (including phenoxy) is 2. The lowest BCUT2D eigenvalue weighted by Gasteiger charge is -2.39. The van der Waals surface area contributed by atoms with Crippen molar-refractivity contribution in [2.45, 2.75) is 25.4 Å². The molecule has 0 fully saturated rings. The van der Waals surface area contributed by atoms with Crippen molar-refractivity contribution in [3.8, 4) is 11.5 Å². The second kappa shape index (κ2) is 9.60. The number of carbonyl (C=O) groups is 1. The number of rotatable bonds is 6. The number of methoxy groups -OCH3 is 2. The molecule has 0 aliphatic carbocycles. The lowest BCUT2D eigenvalue weighted by atomic mass is 9.91. The quantitative estimate of drug-likeness (QED) is 0.512. The van der Waals surface area contributed by atoms with Gasteiger partial charge in [0.05, 0.1) is 20.3 Å². The summed E-state index contributed by atoms with van der Waals surface area (Å²) in [6, 6.07) is 24.1. The molecule has 0 bridgehead atoms. The van der Waals surface area contributed by atoms with Crippen molar-refractivity contribution in [2.24, 2.45) is 0 Å². The average Bonchev–Trinajstić information content (AvgIpc) is 2.83. The van der Waals surface area contributed by atoms with Crippen LogP contribution in [0.2, 0.25) is 0 Å². The minimum absolute atomic E-state index is 0.0436. The van der Waals surface area contributed by atoms with Crippen molar-refractivity contribution in [3.05, 3.63) is 90.0 Å². The van der Waals surface area contributed by atoms with Gasteiger partial charge in [0, 0.05) is 23.5 Å². The van der Waals surface area contributed by atoms with Gasteiger partial charge in [-0.15, -0.1) is 0 Å². The van der Waals surface area contributed by atoms with E-state index in [4.69, 9.17) is 9.47 Å². The molecule has 3 aromatic rings. The lowest BCUT2D eigenvalue weighted by molar-refractivity contribution is -0.114. The number of hydrogen-bond acceptors (Lipinski definition) is 4. The first kappa shape index (κ1) is 21.5. The standard InChI is InChI=1S/C27H28N2O3/c1-19-17-23(28-21-9-5-4-6-10-21)22-11-7-8-12-24(22)29(19)27(30)16-14-20-13-15-25(31-2)26(18-20)32-3/h4-16,18-19,23,28H,17H2,1-3H3/t19-,23-/m1/s1. The Kier molecular flexibility index (Phi) is 6.45. The molecule has 0 spiro atoms. The molecule has 3 aromatic carbocycles. The van der Waals surface area contributed by atoms with E-state index in [0.29, 0.717) is 11.5 Å². The topological polar surface area (TPSA) is 50.8 Å². The predicted molar refractivity (Wildman–Crippen MR) is 129 cm³/mol. The molecule has 2 atom stereocenters. The average molecular weight is 429 g/mol. The van der Waals surface area contributed by atoms with Gasteiger partial charge in [0.1, 0.15) is 0 Å². The molecule has 1 N–H and O–H groups in total. The highest BCUT2D eigenvalue weighted by Gasteiger charge is 2.32. The first-order chi connectivity index (χ1) is 15.6. The van der Waals surface area contributed by atoms with E-state index >= 15 is 0 Å². The minimum atomic E-state index is -0.0436. The highest BCUT2D eigenvalue weighted by molar-refractivity contribution is 6.05. The maximum Gasteiger partial charge on any atom is 0.251 e. The third-order valence-electron chi connectivity index (χ3n) is 5.77. The van der Waals surface area contributed by atoms with Crippen LogP contribution in [0.15, 0.2) is 78.9 Å². The van der Waals surface area contributed by atoms with Crippen LogP contribution in [0.5, 0.6) is 11.5 Å². The van der Waals surface area contributed by atoms with Gasteiger partial charge < -0.3 is 19.7 Å². The summed E-state index contributed by atoms with van der Waals surface area (Å²) in [5.41, 5.74) is 4.02. The summed E-state index contributed by atoms with van der Waals surface area (Å²) in [7, 11) is 3.20. The molecule has 1 amide bonds. The zero-order chi connectivity index (χ0) is 22.5. The zero-order valence-corrected chi connectivity index (χ0v) is 18.6. The first-order valence-corrected chi connectivity index (χ1v) is 10.7. The SMILES string of the molecule is COc1ccc(C=CC(=O)N2c3ccccc3[C@H](Nc3ccccc3)C[C@H]2C)cc1OC. The summed E-state index contributed by atoms with van der Waals surface area (Å²) in [5, 5.41) is 3.63. The van der Waals surface area contributed by atoms with Crippen LogP contribution in [-0.2, 0) is 4.79 Å². The Morgan fingerprint density at radius 2 is 1.69 bits per heavy atom. The van der Waals surface area contributed by atoms with Crippen LogP contribution in [0, 0.1) is 0 Å². The number of anilines is 2. The Labute approximate surface area is 189 Å². The highest BCUT2D eigenvalue weighted by atomic mass is 16.5. The Morgan fingerprint density at radius 3 is 2.44 bits per heavy atom. The van der Waals surface area contributed by atoms with Crippen molar-refractivity contribution < 1.29 is 14.3 Å². The number of fused-ring (bicyclic) bond motifs is 1. The summed E-state index contributed by atoms with van der Waals surface area (Å²) < 4.78 is 10.7. The molecule has 1 aliphatic rings. The third-order valence-corrected chi connectivity index (χ3v) is 5.77. The minimum Gasteiger partial charge on any atom is -0.493 e. The Bertz CT molecular complexity index is 1110. The smallest absolute Gasteiger partial charge is 0.251 e. The lowest BCUT2D eigenvalue weighted by Crippen LogP contribution is -2.43. The summed E-state index contributed by atoms with van der Waals surface area (Å²) >= 11 is 0. The van der Waals surface area contributed by atoms with Gasteiger partial charge in [-0.1, -0.05) is 42.5 Å². The van der Waals surface area contributed by atoms with Gasteiger partial charge in [0.25, 0.3) is 5.91 Å². The van der Waals surface area contributed by atoms with Gasteiger partial charge >= 0.3 is 0 Å². The first-order valence-electron chi connectivity index (χ1n) is 10.7. The van der Waals surface area contributed by atoms with Crippen LogP contribution >= 0.6 is 0 Å². The van der Waals surface area contributed by atoms with Gasteiger partial charge in [-0.05, 0) is 60.9 Å². The molecule has 5 nitrogen and oxygen atoms in total. The van der Waals surface area contributed by atoms with E-state index < -0.39 is 0 Å². The molecule has 0 radical (unpaired) electrons. The van der Waals surface area contributed by atoms with Crippen molar-refractivity contribution in [3.63, 3.8) is 0 Å². The number of nitrogens with zero attached hydrogens (tertiary/aromatic N) is 1. The number of hydrogen-bond donors (Lipinski definition) is 1. The van der Waals surface area contributed by atoms with Crippen molar-refractivity contribution in [1.82, 2.24) is 0 Å². The zero-order valence-electron chi connectivity index (χ0n) is 18.6. The van der Waals surface area contributed by atoms with E-state index in [9.17, 15) is 4.79 Å². The normalized spacial score (nSPS) is 17.7. The molecule has 5 heteroatoms. The van der Waals surface area contributed by atoms with Gasteiger partial charge in [0.15, 0.2) is 11.5 Å². The summed E-state index contributed by atoms with van der Waals surface area (Å²) in [6.45, 7) is 2.10. The molecule has 0 saturated carbocycles. The number of para-hydroxylation sites is 2. The second-order valence-electron chi connectivity index (χ2n) is 7.86. The van der Waals surface area contributed by atoms with Crippen LogP contribution < -0.4 is 19.7 Å². The van der Waals surface area contributed by atoms with Crippen LogP contribution in [0.25, 0.3) is 6.08 Å². The molecular weight excluding hydrogens is 400 g/mol. The van der Waals surface area contributed by atoms with E-state index in [1.807, 2.05) is 65.6 Å². The Morgan fingerprint density at radius 1 is 0.969 bits per heavy atom. The summed E-state index contributed by atoms with van der Waals surface area (Å²) in [5.74, 6) is 1.25. The predicted octanol–water partition coefficient (Wildman–Crippen LogP) is 5.70. The second-order valence-corrected chi connectivity index (χ2v) is 7.86. The summed E-state index contributed by atoms with van der Waals surface area (Å²) in [4.78, 5) is 15.1. The fourth-order valence-corrected chi connectivity index (χ4v) is 4.22. The third kappa shape index (κ3) is 4.47. The van der Waals surface area contributed by atoms with Crippen LogP contribution in [0.1, 0.15) is 30.5 Å². The van der Waals surface area contributed by atoms with Gasteiger partial charge in [0.2, 0.25) is 0 Å². The van der Waals surface area contributed by atoms with Crippen molar-refractivity contribution >= 4 is 23.4 Å². The van der Waals surface area contributed by atoms with Crippen LogP contribution in [-0.4, -0.2) is 26.2 Å². The van der Waals surface area contributed by atoms with E-state index in [0.717, 1.165) is 28.9 Å². The van der Waals surface area contributed by atoms with Crippen molar-refractivity contribution in [1.29, 1.82) is 0 Å². The van der Waals surface area contributed by atoms with Gasteiger partial charge in [-0.3, -0.25) is 4.79 Å². The van der Waals surface area contributed by atoms with Gasteiger partial charge in [-0.25, -0.2) is 0 Å². The monoisotopic (exact) mass is 428 g/mol. The van der Waals surface area contributed by atoms with E-state index in [1.165, 1.54) is 0 Å². The number of nitrogens with one attached hydrogen (secondary N) is 1. The Hall–Kier alpha value is -3.73. The molecule has 32 heavy (non-hydrogen) atoms. The molecule has 1 heterocycles. The summed E-state index contributed by atoms with van der Waals surface area (Å²) in [6.07, 6.45) is 4.26. The fraction of sp³-hybridized carbons (Fsp3) is 0.222. The highest BCUT2D eigenvalue weighted by Crippen LogP contribution is 2.39. The van der Waals surface area contributed by atoms with Crippen LogP contribution in [0.4, 0.5) is 11.4 Å². The molecule has 0 unspecified atom stereocenters. The maximum absolute atomic E-state index is 13.2. The van der Waals surface area contributed by atoms with E-state index in [2.05, 4.69) is 30.4 Å². The van der Waals surface area contributed by atoms with Crippen LogP contribution in [0.3, 0.4) is 0 Å². The largest absolute Gasteiger partial charge is 0.493 e. The molecule has 0 saturated heterocycles. The maximum atomic E-state index is 13.2. The van der Waals surface area contributed by atoms with Crippen molar-refractivity contribution in [2.75, 3.05) is 24.4 Å². The molecule has 164 valence electrons. The number of carbonyl (C=O) groups excluding carboxylic acids is 1. The molecule has 0 aromatic heterocycles. The van der Waals surface area contributed by atoms with Gasteiger partial charge in [-0.2, -0.15) is 0 Å². The van der Waals surface area contributed by atoms with E-state index in [1.54, 1.807) is 20.3 Å². The number of benzene rings is 3. The fourth-order valence-electron chi connectivity index (χ4n) is 4.22. The molecule has 1 aliphatic heterocycles. The molecule has 4 rings (SSSR count). The van der Waals surface area contributed by atoms with E-state index in [-0.39, 0.29) is 18.0 Å².